The maximum Gasteiger partial charge on any atom is 0.250 e. The van der Waals surface area contributed by atoms with Crippen LogP contribution in [-0.4, -0.2) is 22.2 Å². The highest BCUT2D eigenvalue weighted by Gasteiger charge is 2.29. The van der Waals surface area contributed by atoms with Gasteiger partial charge in [0.1, 0.15) is 19.6 Å². The van der Waals surface area contributed by atoms with E-state index < -0.39 is 8.07 Å². The Balaban J connectivity index is 1.39. The molecule has 0 spiro atoms. The number of aryl methyl sites for hydroxylation is 1. The van der Waals surface area contributed by atoms with Gasteiger partial charge in [-0.25, -0.2) is 9.55 Å². The Morgan fingerprint density at radius 2 is 1.44 bits per heavy atom. The van der Waals surface area contributed by atoms with Gasteiger partial charge in [0.25, 0.3) is 0 Å². The van der Waals surface area contributed by atoms with Crippen LogP contribution in [0, 0.1) is 6.92 Å². The lowest BCUT2D eigenvalue weighted by Gasteiger charge is -2.24. The first kappa shape index (κ1) is 25.5. The van der Waals surface area contributed by atoms with E-state index in [4.69, 9.17) is 4.98 Å². The zero-order valence-corrected chi connectivity index (χ0v) is 25.3. The van der Waals surface area contributed by atoms with Crippen molar-refractivity contribution in [3.63, 3.8) is 0 Å². The molecule has 5 heteroatoms. The number of hydrogen-bond acceptors (Lipinski definition) is 1. The molecular weight excluding hydrogens is 517 g/mol. The van der Waals surface area contributed by atoms with E-state index in [1.54, 1.807) is 0 Å². The van der Waals surface area contributed by atoms with Gasteiger partial charge in [-0.2, -0.15) is 4.57 Å². The third-order valence-corrected chi connectivity index (χ3v) is 12.1. The average molecular weight is 552 g/mol. The van der Waals surface area contributed by atoms with Gasteiger partial charge >= 0.3 is 0 Å². The van der Waals surface area contributed by atoms with Gasteiger partial charge in [-0.05, 0) is 74.9 Å². The Morgan fingerprint density at radius 1 is 0.707 bits per heavy atom. The molecule has 0 N–H and O–H groups in total. The van der Waals surface area contributed by atoms with Crippen LogP contribution in [0.3, 0.4) is 0 Å². The fourth-order valence-corrected chi connectivity index (χ4v) is 8.56. The van der Waals surface area contributed by atoms with Crippen LogP contribution in [0.5, 0.6) is 0 Å². The largest absolute Gasteiger partial charge is 0.294 e. The highest BCUT2D eigenvalue weighted by Crippen LogP contribution is 2.31. The van der Waals surface area contributed by atoms with Gasteiger partial charge in [-0.3, -0.25) is 4.57 Å². The van der Waals surface area contributed by atoms with Crippen molar-refractivity contribution in [2.24, 2.45) is 0 Å². The minimum Gasteiger partial charge on any atom is -0.294 e. The number of benzene rings is 4. The van der Waals surface area contributed by atoms with Crippen LogP contribution >= 0.6 is 0 Å². The quantitative estimate of drug-likeness (QED) is 0.165. The molecule has 0 fully saturated rings. The lowest BCUT2D eigenvalue weighted by atomic mass is 10.1. The Kier molecular flexibility index (Phi) is 5.94. The molecule has 0 radical (unpaired) electrons. The van der Waals surface area contributed by atoms with Crippen LogP contribution in [0.1, 0.15) is 25.5 Å². The van der Waals surface area contributed by atoms with Crippen molar-refractivity contribution in [1.29, 1.82) is 0 Å². The van der Waals surface area contributed by atoms with E-state index >= 15 is 0 Å². The van der Waals surface area contributed by atoms with E-state index in [2.05, 4.69) is 157 Å². The molecular formula is C36H35N4Si+. The standard InChI is InChI=1S/C36H35N4Si/c1-25(2)38-24-39(34-16-9-8-15-33(34)38)27-11-10-12-28(22-27)41(4,5)29-17-18-31-30-13-6-7-14-32(30)40(35(31)23-29)36-21-26(3)19-20-37-36/h6-25H,1-5H3/q+1. The molecule has 7 aromatic rings. The van der Waals surface area contributed by atoms with Crippen LogP contribution in [0.2, 0.25) is 13.1 Å². The molecule has 202 valence electrons. The summed E-state index contributed by atoms with van der Waals surface area (Å²) in [7, 11) is -2.06. The molecule has 0 aliphatic heterocycles. The number of fused-ring (bicyclic) bond motifs is 4. The summed E-state index contributed by atoms with van der Waals surface area (Å²) in [6.45, 7) is 11.5. The van der Waals surface area contributed by atoms with Crippen molar-refractivity contribution >= 4 is 51.3 Å². The molecule has 41 heavy (non-hydrogen) atoms. The first-order valence-electron chi connectivity index (χ1n) is 14.4. The molecule has 0 bridgehead atoms. The molecule has 0 aliphatic carbocycles. The van der Waals surface area contributed by atoms with Crippen molar-refractivity contribution in [2.75, 3.05) is 0 Å². The summed E-state index contributed by atoms with van der Waals surface area (Å²) in [5, 5.41) is 5.35. The van der Waals surface area contributed by atoms with E-state index in [0.29, 0.717) is 6.04 Å². The summed E-state index contributed by atoms with van der Waals surface area (Å²) >= 11 is 0. The summed E-state index contributed by atoms with van der Waals surface area (Å²) in [4.78, 5) is 4.79. The third-order valence-electron chi connectivity index (χ3n) is 8.59. The maximum atomic E-state index is 4.79. The summed E-state index contributed by atoms with van der Waals surface area (Å²) in [5.41, 5.74) is 7.31. The van der Waals surface area contributed by atoms with Crippen LogP contribution in [0.15, 0.2) is 116 Å². The summed E-state index contributed by atoms with van der Waals surface area (Å²) in [6.07, 6.45) is 4.16. The number of rotatable bonds is 5. The molecule has 4 nitrogen and oxygen atoms in total. The van der Waals surface area contributed by atoms with E-state index in [1.807, 2.05) is 6.20 Å². The second kappa shape index (κ2) is 9.56. The molecule has 7 rings (SSSR count). The SMILES string of the molecule is Cc1ccnc(-n2c3ccccc3c3ccc([Si](C)(C)c4cccc(-n5c[n+](C(C)C)c6ccccc65)c4)cc32)c1. The lowest BCUT2D eigenvalue weighted by molar-refractivity contribution is -0.691. The molecule has 3 aromatic heterocycles. The number of imidazole rings is 1. The van der Waals surface area contributed by atoms with Crippen molar-refractivity contribution in [3.8, 4) is 11.5 Å². The summed E-state index contributed by atoms with van der Waals surface area (Å²) in [6, 6.07) is 38.3. The Hall–Kier alpha value is -4.48. The molecule has 3 heterocycles. The Labute approximate surface area is 242 Å². The summed E-state index contributed by atoms with van der Waals surface area (Å²) in [5.74, 6) is 0.966. The predicted octanol–water partition coefficient (Wildman–Crippen LogP) is 7.12. The zero-order valence-electron chi connectivity index (χ0n) is 24.3. The highest BCUT2D eigenvalue weighted by atomic mass is 28.3. The molecule has 0 unspecified atom stereocenters. The van der Waals surface area contributed by atoms with Gasteiger partial charge in [0.15, 0.2) is 11.0 Å². The van der Waals surface area contributed by atoms with Gasteiger partial charge in [-0.15, -0.1) is 0 Å². The number of aromatic nitrogens is 4. The van der Waals surface area contributed by atoms with Crippen molar-refractivity contribution in [3.05, 3.63) is 121 Å². The Bertz CT molecular complexity index is 2080. The zero-order chi connectivity index (χ0) is 28.3. The smallest absolute Gasteiger partial charge is 0.250 e. The molecule has 0 amide bonds. The van der Waals surface area contributed by atoms with E-state index in [9.17, 15) is 0 Å². The van der Waals surface area contributed by atoms with Crippen molar-refractivity contribution in [1.82, 2.24) is 14.1 Å². The minimum absolute atomic E-state index is 0.386. The van der Waals surface area contributed by atoms with Crippen LogP contribution in [-0.2, 0) is 0 Å². The van der Waals surface area contributed by atoms with Crippen LogP contribution in [0.4, 0.5) is 0 Å². The minimum atomic E-state index is -2.06. The van der Waals surface area contributed by atoms with Gasteiger partial charge in [0, 0.05) is 17.0 Å². The second-order valence-electron chi connectivity index (χ2n) is 11.9. The van der Waals surface area contributed by atoms with Crippen molar-refractivity contribution in [2.45, 2.75) is 39.9 Å². The lowest BCUT2D eigenvalue weighted by Crippen LogP contribution is -2.52. The van der Waals surface area contributed by atoms with Crippen LogP contribution < -0.4 is 14.9 Å². The summed E-state index contributed by atoms with van der Waals surface area (Å²) < 4.78 is 7.03. The molecule has 4 aromatic carbocycles. The van der Waals surface area contributed by atoms with E-state index in [-0.39, 0.29) is 0 Å². The molecule has 0 aliphatic rings. The molecule has 0 saturated carbocycles. The van der Waals surface area contributed by atoms with Gasteiger partial charge in [-0.1, -0.05) is 78.1 Å². The average Bonchev–Trinajstić information content (AvgIpc) is 3.53. The number of para-hydroxylation sites is 3. The first-order valence-corrected chi connectivity index (χ1v) is 17.4. The van der Waals surface area contributed by atoms with Gasteiger partial charge < -0.3 is 0 Å². The maximum absolute atomic E-state index is 4.79. The normalized spacial score (nSPS) is 12.2. The fourth-order valence-electron chi connectivity index (χ4n) is 6.21. The Morgan fingerprint density at radius 3 is 2.24 bits per heavy atom. The predicted molar refractivity (Wildman–Crippen MR) is 174 cm³/mol. The topological polar surface area (TPSA) is 26.6 Å². The fraction of sp³-hybridized carbons (Fsp3) is 0.167. The number of pyridine rings is 1. The van der Waals surface area contributed by atoms with Crippen LogP contribution in [0.25, 0.3) is 44.3 Å². The second-order valence-corrected chi connectivity index (χ2v) is 16.3. The van der Waals surface area contributed by atoms with Crippen molar-refractivity contribution < 1.29 is 4.57 Å². The van der Waals surface area contributed by atoms with E-state index in [0.717, 1.165) is 5.82 Å². The monoisotopic (exact) mass is 551 g/mol. The first-order chi connectivity index (χ1) is 19.8. The highest BCUT2D eigenvalue weighted by molar-refractivity contribution is 7.00. The third kappa shape index (κ3) is 4.11. The molecule has 0 saturated heterocycles. The number of hydrogen-bond donors (Lipinski definition) is 0. The van der Waals surface area contributed by atoms with Gasteiger partial charge in [0.05, 0.1) is 17.1 Å². The molecule has 0 atom stereocenters. The van der Waals surface area contributed by atoms with E-state index in [1.165, 1.54) is 54.5 Å². The van der Waals surface area contributed by atoms with Gasteiger partial charge in [0.2, 0.25) is 6.33 Å². The number of nitrogens with zero attached hydrogens (tertiary/aromatic N) is 4.